The Hall–Kier alpha value is -1.89. The topological polar surface area (TPSA) is 17.1 Å². The zero-order valence-electron chi connectivity index (χ0n) is 11.1. The second-order valence-electron chi connectivity index (χ2n) is 4.06. The molecule has 94 valence electrons. The number of carbonyl (C=O) groups excluding carboxylic acids is 1. The van der Waals surface area contributed by atoms with Crippen molar-refractivity contribution in [3.05, 3.63) is 71.8 Å². The minimum atomic E-state index is 0.0752. The monoisotopic (exact) mass is 240 g/mol. The Balaban J connectivity index is 0.000000357. The molecule has 0 aliphatic rings. The van der Waals surface area contributed by atoms with Gasteiger partial charge in [0.15, 0.2) is 5.78 Å². The van der Waals surface area contributed by atoms with Crippen LogP contribution in [-0.4, -0.2) is 5.78 Å². The summed E-state index contributed by atoms with van der Waals surface area (Å²) in [6, 6.07) is 18.6. The molecule has 0 bridgehead atoms. The lowest BCUT2D eigenvalue weighted by atomic mass is 10.0. The first-order valence-corrected chi connectivity index (χ1v) is 6.44. The summed E-state index contributed by atoms with van der Waals surface area (Å²) in [5.41, 5.74) is 1.47. The molecule has 0 aliphatic carbocycles. The van der Waals surface area contributed by atoms with Crippen LogP contribution >= 0.6 is 0 Å². The van der Waals surface area contributed by atoms with E-state index in [0.29, 0.717) is 0 Å². The van der Waals surface area contributed by atoms with E-state index < -0.39 is 0 Å². The molecule has 0 aromatic heterocycles. The van der Waals surface area contributed by atoms with Crippen LogP contribution in [0.25, 0.3) is 0 Å². The van der Waals surface area contributed by atoms with E-state index in [2.05, 4.69) is 13.8 Å². The van der Waals surface area contributed by atoms with Crippen molar-refractivity contribution in [2.45, 2.75) is 26.7 Å². The van der Waals surface area contributed by atoms with E-state index in [4.69, 9.17) is 0 Å². The first-order chi connectivity index (χ1) is 8.79. The first-order valence-electron chi connectivity index (χ1n) is 6.44. The van der Waals surface area contributed by atoms with Crippen molar-refractivity contribution in [1.29, 1.82) is 0 Å². The minimum Gasteiger partial charge on any atom is -0.289 e. The molecule has 1 heteroatoms. The standard InChI is InChI=1S/C13H10O.C4H10/c14-13(11-7-3-1-4-8-11)12-9-5-2-6-10-12;1-3-4-2/h1-10H;3-4H2,1-2H3. The number of benzene rings is 2. The molecule has 2 aromatic rings. The van der Waals surface area contributed by atoms with Gasteiger partial charge in [-0.25, -0.2) is 0 Å². The first kappa shape index (κ1) is 14.2. The lowest BCUT2D eigenvalue weighted by Gasteiger charge is -1.99. The maximum atomic E-state index is 11.8. The molecule has 2 rings (SSSR count). The van der Waals surface area contributed by atoms with Crippen molar-refractivity contribution in [3.8, 4) is 0 Å². The SMILES string of the molecule is CCCC.O=C(c1ccccc1)c1ccccc1. The van der Waals surface area contributed by atoms with E-state index in [-0.39, 0.29) is 5.78 Å². The summed E-state index contributed by atoms with van der Waals surface area (Å²) in [5.74, 6) is 0.0752. The molecule has 1 nitrogen and oxygen atoms in total. The van der Waals surface area contributed by atoms with Crippen LogP contribution in [0.5, 0.6) is 0 Å². The zero-order chi connectivity index (χ0) is 13.2. The fourth-order valence-electron chi connectivity index (χ4n) is 1.35. The van der Waals surface area contributed by atoms with Crippen molar-refractivity contribution in [2.75, 3.05) is 0 Å². The second-order valence-corrected chi connectivity index (χ2v) is 4.06. The number of ketones is 1. The van der Waals surface area contributed by atoms with Crippen LogP contribution in [0.4, 0.5) is 0 Å². The molecule has 0 fully saturated rings. The predicted octanol–water partition coefficient (Wildman–Crippen LogP) is 4.72. The molecular weight excluding hydrogens is 220 g/mol. The van der Waals surface area contributed by atoms with E-state index in [1.807, 2.05) is 60.7 Å². The molecule has 0 saturated carbocycles. The summed E-state index contributed by atoms with van der Waals surface area (Å²) in [4.78, 5) is 11.8. The summed E-state index contributed by atoms with van der Waals surface area (Å²) in [5, 5.41) is 0. The third-order valence-electron chi connectivity index (χ3n) is 2.57. The van der Waals surface area contributed by atoms with Gasteiger partial charge in [0.2, 0.25) is 0 Å². The largest absolute Gasteiger partial charge is 0.289 e. The normalized spacial score (nSPS) is 9.22. The summed E-state index contributed by atoms with van der Waals surface area (Å²) in [6.07, 6.45) is 2.64. The van der Waals surface area contributed by atoms with Crippen molar-refractivity contribution in [1.82, 2.24) is 0 Å². The molecule has 2 aromatic carbocycles. The number of rotatable bonds is 3. The molecule has 0 spiro atoms. The summed E-state index contributed by atoms with van der Waals surface area (Å²) in [6.45, 7) is 4.36. The summed E-state index contributed by atoms with van der Waals surface area (Å²) >= 11 is 0. The van der Waals surface area contributed by atoms with Gasteiger partial charge in [-0.2, -0.15) is 0 Å². The highest BCUT2D eigenvalue weighted by molar-refractivity contribution is 6.08. The molecule has 0 atom stereocenters. The van der Waals surface area contributed by atoms with Crippen LogP contribution in [0, 0.1) is 0 Å². The molecule has 0 amide bonds. The maximum absolute atomic E-state index is 11.8. The van der Waals surface area contributed by atoms with Crippen molar-refractivity contribution in [2.24, 2.45) is 0 Å². The van der Waals surface area contributed by atoms with Gasteiger partial charge in [0.25, 0.3) is 0 Å². The molecule has 0 saturated heterocycles. The van der Waals surface area contributed by atoms with Gasteiger partial charge in [0.05, 0.1) is 0 Å². The predicted molar refractivity (Wildman–Crippen MR) is 76.9 cm³/mol. The lowest BCUT2D eigenvalue weighted by Crippen LogP contribution is -1.99. The van der Waals surface area contributed by atoms with Crippen LogP contribution in [-0.2, 0) is 0 Å². The molecule has 18 heavy (non-hydrogen) atoms. The van der Waals surface area contributed by atoms with Gasteiger partial charge in [-0.1, -0.05) is 87.4 Å². The summed E-state index contributed by atoms with van der Waals surface area (Å²) in [7, 11) is 0. The van der Waals surface area contributed by atoms with Crippen LogP contribution in [0.2, 0.25) is 0 Å². The van der Waals surface area contributed by atoms with Crippen molar-refractivity contribution < 1.29 is 4.79 Å². The molecule has 0 radical (unpaired) electrons. The van der Waals surface area contributed by atoms with Crippen molar-refractivity contribution >= 4 is 5.78 Å². The number of hydrogen-bond donors (Lipinski definition) is 0. The highest BCUT2D eigenvalue weighted by Gasteiger charge is 2.06. The van der Waals surface area contributed by atoms with E-state index in [9.17, 15) is 4.79 Å². The quantitative estimate of drug-likeness (QED) is 0.709. The van der Waals surface area contributed by atoms with Gasteiger partial charge in [-0.05, 0) is 0 Å². The zero-order valence-corrected chi connectivity index (χ0v) is 11.1. The van der Waals surface area contributed by atoms with Crippen LogP contribution in [0.1, 0.15) is 42.6 Å². The third kappa shape index (κ3) is 4.54. The molecule has 0 heterocycles. The van der Waals surface area contributed by atoms with Gasteiger partial charge < -0.3 is 0 Å². The Bertz CT molecular complexity index is 402. The molecule has 0 unspecified atom stereocenters. The highest BCUT2D eigenvalue weighted by atomic mass is 16.1. The Morgan fingerprint density at radius 1 is 0.722 bits per heavy atom. The Labute approximate surface area is 109 Å². The van der Waals surface area contributed by atoms with Crippen molar-refractivity contribution in [3.63, 3.8) is 0 Å². The van der Waals surface area contributed by atoms with Crippen LogP contribution < -0.4 is 0 Å². The van der Waals surface area contributed by atoms with E-state index in [0.717, 1.165) is 11.1 Å². The van der Waals surface area contributed by atoms with Gasteiger partial charge >= 0.3 is 0 Å². The highest BCUT2D eigenvalue weighted by Crippen LogP contribution is 2.08. The minimum absolute atomic E-state index is 0.0752. The molecule has 0 aliphatic heterocycles. The van der Waals surface area contributed by atoms with Gasteiger partial charge in [-0.15, -0.1) is 0 Å². The second kappa shape index (κ2) is 8.24. The summed E-state index contributed by atoms with van der Waals surface area (Å²) < 4.78 is 0. The van der Waals surface area contributed by atoms with Crippen LogP contribution in [0.3, 0.4) is 0 Å². The number of unbranched alkanes of at least 4 members (excludes halogenated alkanes) is 1. The molecular formula is C17H20O. The maximum Gasteiger partial charge on any atom is 0.193 e. The average molecular weight is 240 g/mol. The fraction of sp³-hybridized carbons (Fsp3) is 0.235. The molecule has 0 N–H and O–H groups in total. The Morgan fingerprint density at radius 3 is 1.33 bits per heavy atom. The van der Waals surface area contributed by atoms with E-state index >= 15 is 0 Å². The van der Waals surface area contributed by atoms with Gasteiger partial charge in [0.1, 0.15) is 0 Å². The third-order valence-corrected chi connectivity index (χ3v) is 2.57. The van der Waals surface area contributed by atoms with Crippen LogP contribution in [0.15, 0.2) is 60.7 Å². The fourth-order valence-corrected chi connectivity index (χ4v) is 1.35. The number of carbonyl (C=O) groups is 1. The smallest absolute Gasteiger partial charge is 0.193 e. The Kier molecular flexibility index (Phi) is 6.49. The van der Waals surface area contributed by atoms with E-state index in [1.165, 1.54) is 12.8 Å². The lowest BCUT2D eigenvalue weighted by molar-refractivity contribution is 0.103. The Morgan fingerprint density at radius 2 is 1.06 bits per heavy atom. The average Bonchev–Trinajstić information content (AvgIpc) is 2.48. The van der Waals surface area contributed by atoms with Gasteiger partial charge in [-0.3, -0.25) is 4.79 Å². The number of hydrogen-bond acceptors (Lipinski definition) is 1. The van der Waals surface area contributed by atoms with Gasteiger partial charge in [0, 0.05) is 11.1 Å². The van der Waals surface area contributed by atoms with E-state index in [1.54, 1.807) is 0 Å².